The summed E-state index contributed by atoms with van der Waals surface area (Å²) in [5.74, 6) is 0. The van der Waals surface area contributed by atoms with Crippen molar-refractivity contribution in [1.29, 1.82) is 0 Å². The highest BCUT2D eigenvalue weighted by atomic mass is 15.0. The second kappa shape index (κ2) is 10.8. The molecule has 3 nitrogen and oxygen atoms in total. The molecule has 3 heteroatoms. The normalized spacial score (nSPS) is 11.9. The molecule has 0 saturated carbocycles. The monoisotopic (exact) mass is 649 g/mol. The van der Waals surface area contributed by atoms with Gasteiger partial charge in [-0.25, -0.2) is 0 Å². The van der Waals surface area contributed by atoms with Gasteiger partial charge >= 0.3 is 0 Å². The Bertz CT molecular complexity index is 3070. The topological polar surface area (TPSA) is 14.8 Å². The largest absolute Gasteiger partial charge is 0.309 e. The van der Waals surface area contributed by atoms with E-state index < -0.39 is 0 Å². The van der Waals surface area contributed by atoms with Crippen LogP contribution in [-0.2, 0) is 0 Å². The van der Waals surface area contributed by atoms with Gasteiger partial charge in [0.2, 0.25) is 0 Å². The molecule has 0 aliphatic rings. The van der Waals surface area contributed by atoms with Crippen LogP contribution in [0.4, 0.5) is 0 Å². The van der Waals surface area contributed by atoms with Crippen LogP contribution in [0, 0.1) is 0 Å². The molecule has 0 aliphatic carbocycles. The van der Waals surface area contributed by atoms with Crippen LogP contribution in [0.25, 0.3) is 93.6 Å². The smallest absolute Gasteiger partial charge is 0.0562 e. The molecule has 0 bridgehead atoms. The second-order valence-electron chi connectivity index (χ2n) is 13.4. The van der Waals surface area contributed by atoms with E-state index in [1.165, 1.54) is 82.2 Å². The molecule has 0 unspecified atom stereocenters. The van der Waals surface area contributed by atoms with Gasteiger partial charge in [0.15, 0.2) is 0 Å². The Kier molecular flexibility index (Phi) is 5.96. The molecule has 11 aromatic rings. The van der Waals surface area contributed by atoms with Crippen LogP contribution in [-0.4, -0.2) is 13.7 Å². The lowest BCUT2D eigenvalue weighted by Gasteiger charge is -2.13. The third-order valence-corrected chi connectivity index (χ3v) is 10.6. The number of benzene rings is 8. The molecule has 0 fully saturated rings. The summed E-state index contributed by atoms with van der Waals surface area (Å²) in [6, 6.07) is 68.4. The molecule has 0 radical (unpaired) electrons. The number of aromatic nitrogens is 3. The molecule has 0 saturated heterocycles. The van der Waals surface area contributed by atoms with Crippen molar-refractivity contribution >= 4 is 65.4 Å². The van der Waals surface area contributed by atoms with Crippen molar-refractivity contribution in [1.82, 2.24) is 13.7 Å². The van der Waals surface area contributed by atoms with E-state index in [2.05, 4.69) is 202 Å². The molecular weight excluding hydrogens is 619 g/mol. The van der Waals surface area contributed by atoms with Gasteiger partial charge in [-0.3, -0.25) is 0 Å². The first-order valence-corrected chi connectivity index (χ1v) is 17.5. The summed E-state index contributed by atoms with van der Waals surface area (Å²) >= 11 is 0. The van der Waals surface area contributed by atoms with Crippen LogP contribution in [0.1, 0.15) is 0 Å². The van der Waals surface area contributed by atoms with Gasteiger partial charge in [-0.05, 0) is 71.8 Å². The first-order chi connectivity index (χ1) is 25.3. The van der Waals surface area contributed by atoms with Crippen molar-refractivity contribution < 1.29 is 0 Å². The molecular formula is C48H31N3. The van der Waals surface area contributed by atoms with E-state index in [-0.39, 0.29) is 0 Å². The van der Waals surface area contributed by atoms with Crippen LogP contribution in [0.2, 0.25) is 0 Å². The summed E-state index contributed by atoms with van der Waals surface area (Å²) < 4.78 is 7.32. The van der Waals surface area contributed by atoms with Gasteiger partial charge in [0.05, 0.1) is 38.8 Å². The molecule has 0 spiro atoms. The summed E-state index contributed by atoms with van der Waals surface area (Å²) in [4.78, 5) is 0. The molecule has 11 rings (SSSR count). The maximum Gasteiger partial charge on any atom is 0.0562 e. The van der Waals surface area contributed by atoms with Crippen LogP contribution in [0.15, 0.2) is 188 Å². The SMILES string of the molecule is c1ccc(-c2ccc(-n3c4ccccc4c4c(-n5c6ccccc6c6ccc(-n7c8ccccc8c8ccccc87)cc65)cccc43)cc2)cc1. The molecule has 0 atom stereocenters. The molecule has 238 valence electrons. The highest BCUT2D eigenvalue weighted by Gasteiger charge is 2.20. The van der Waals surface area contributed by atoms with E-state index in [9.17, 15) is 0 Å². The van der Waals surface area contributed by atoms with Crippen LogP contribution in [0.5, 0.6) is 0 Å². The van der Waals surface area contributed by atoms with E-state index in [0.29, 0.717) is 0 Å². The fourth-order valence-corrected chi connectivity index (χ4v) is 8.46. The summed E-state index contributed by atoms with van der Waals surface area (Å²) in [6.45, 7) is 0. The zero-order valence-electron chi connectivity index (χ0n) is 27.7. The molecule has 0 N–H and O–H groups in total. The molecule has 0 amide bonds. The van der Waals surface area contributed by atoms with E-state index in [1.807, 2.05) is 0 Å². The maximum absolute atomic E-state index is 2.49. The molecule has 51 heavy (non-hydrogen) atoms. The Balaban J connectivity index is 1.19. The predicted molar refractivity (Wildman–Crippen MR) is 215 cm³/mol. The zero-order valence-corrected chi connectivity index (χ0v) is 27.7. The predicted octanol–water partition coefficient (Wildman–Crippen LogP) is 12.6. The summed E-state index contributed by atoms with van der Waals surface area (Å²) in [5, 5.41) is 7.50. The van der Waals surface area contributed by atoms with Gasteiger partial charge in [0.25, 0.3) is 0 Å². The van der Waals surface area contributed by atoms with E-state index in [1.54, 1.807) is 0 Å². The average molecular weight is 650 g/mol. The minimum absolute atomic E-state index is 1.15. The van der Waals surface area contributed by atoms with Crippen LogP contribution in [0.3, 0.4) is 0 Å². The fraction of sp³-hybridized carbons (Fsp3) is 0. The van der Waals surface area contributed by atoms with E-state index in [0.717, 1.165) is 11.4 Å². The number of rotatable bonds is 4. The third kappa shape index (κ3) is 4.06. The highest BCUT2D eigenvalue weighted by Crippen LogP contribution is 2.41. The van der Waals surface area contributed by atoms with Crippen molar-refractivity contribution in [3.8, 4) is 28.2 Å². The van der Waals surface area contributed by atoms with Crippen LogP contribution < -0.4 is 0 Å². The first kappa shape index (κ1) is 28.0. The Labute approximate surface area is 294 Å². The minimum atomic E-state index is 1.15. The van der Waals surface area contributed by atoms with Gasteiger partial charge in [0.1, 0.15) is 0 Å². The zero-order chi connectivity index (χ0) is 33.5. The Morgan fingerprint density at radius 3 is 1.35 bits per heavy atom. The van der Waals surface area contributed by atoms with Gasteiger partial charge in [-0.2, -0.15) is 0 Å². The molecule has 0 aliphatic heterocycles. The minimum Gasteiger partial charge on any atom is -0.309 e. The standard InChI is InChI=1S/C48H31N3/c1-2-13-32(14-3-1)33-25-27-34(28-26-33)49-44-22-11-7-18-40(44)48-45(49)23-12-24-46(48)51-43-21-10-6-17-38(43)39-30-29-35(31-47(39)51)50-41-19-8-4-15-36(41)37-16-5-9-20-42(37)50/h1-31H. The lowest BCUT2D eigenvalue weighted by molar-refractivity contribution is 1.16. The van der Waals surface area contributed by atoms with Gasteiger partial charge < -0.3 is 13.7 Å². The Hall–Kier alpha value is -6.84. The van der Waals surface area contributed by atoms with E-state index >= 15 is 0 Å². The summed E-state index contributed by atoms with van der Waals surface area (Å²) in [7, 11) is 0. The van der Waals surface area contributed by atoms with Crippen molar-refractivity contribution in [2.75, 3.05) is 0 Å². The maximum atomic E-state index is 2.49. The lowest BCUT2D eigenvalue weighted by atomic mass is 10.1. The summed E-state index contributed by atoms with van der Waals surface area (Å²) in [5.41, 5.74) is 13.1. The number of hydrogen-bond donors (Lipinski definition) is 0. The second-order valence-corrected chi connectivity index (χ2v) is 13.4. The number of hydrogen-bond acceptors (Lipinski definition) is 0. The van der Waals surface area contributed by atoms with Crippen molar-refractivity contribution in [2.24, 2.45) is 0 Å². The molecule has 8 aromatic carbocycles. The number of para-hydroxylation sites is 4. The Morgan fingerprint density at radius 2 is 0.706 bits per heavy atom. The van der Waals surface area contributed by atoms with Crippen molar-refractivity contribution in [3.63, 3.8) is 0 Å². The average Bonchev–Trinajstić information content (AvgIpc) is 3.84. The van der Waals surface area contributed by atoms with Gasteiger partial charge in [-0.1, -0.05) is 127 Å². The van der Waals surface area contributed by atoms with Crippen molar-refractivity contribution in [2.45, 2.75) is 0 Å². The first-order valence-electron chi connectivity index (χ1n) is 17.5. The Morgan fingerprint density at radius 1 is 0.255 bits per heavy atom. The van der Waals surface area contributed by atoms with Gasteiger partial charge in [-0.15, -0.1) is 0 Å². The van der Waals surface area contributed by atoms with Gasteiger partial charge in [0, 0.05) is 43.7 Å². The lowest BCUT2D eigenvalue weighted by Crippen LogP contribution is -1.98. The fourth-order valence-electron chi connectivity index (χ4n) is 8.46. The van der Waals surface area contributed by atoms with Crippen LogP contribution >= 0.6 is 0 Å². The molecule has 3 aromatic heterocycles. The number of fused-ring (bicyclic) bond motifs is 9. The van der Waals surface area contributed by atoms with Crippen molar-refractivity contribution in [3.05, 3.63) is 188 Å². The number of nitrogens with zero attached hydrogens (tertiary/aromatic N) is 3. The van der Waals surface area contributed by atoms with E-state index in [4.69, 9.17) is 0 Å². The summed E-state index contributed by atoms with van der Waals surface area (Å²) in [6.07, 6.45) is 0. The quantitative estimate of drug-likeness (QED) is 0.180. The molecule has 3 heterocycles. The third-order valence-electron chi connectivity index (χ3n) is 10.6. The highest BCUT2D eigenvalue weighted by molar-refractivity contribution is 6.17.